The molecule has 0 spiro atoms. The highest BCUT2D eigenvalue weighted by atomic mass is 32.1. The molecule has 0 bridgehead atoms. The first-order valence-corrected chi connectivity index (χ1v) is 8.23. The van der Waals surface area contributed by atoms with Crippen molar-refractivity contribution >= 4 is 34.6 Å². The molecule has 0 radical (unpaired) electrons. The molecule has 1 aromatic heterocycles. The van der Waals surface area contributed by atoms with E-state index in [4.69, 9.17) is 4.74 Å². The fourth-order valence-electron chi connectivity index (χ4n) is 1.94. The standard InChI is InChI=1S/C17H20N2O3S/c1-19(2)15-6-4-14(5-7-15)18-16(20)11-22-17(21)8-3-13-9-10-23-12-13/h4-7,9-10,12H,3,8,11H2,1-2H3,(H,18,20). The fourth-order valence-corrected chi connectivity index (χ4v) is 2.64. The van der Waals surface area contributed by atoms with E-state index in [0.717, 1.165) is 11.3 Å². The number of ether oxygens (including phenoxy) is 1. The van der Waals surface area contributed by atoms with E-state index in [1.807, 2.05) is 60.1 Å². The molecule has 2 aromatic rings. The number of nitrogens with zero attached hydrogens (tertiary/aromatic N) is 1. The monoisotopic (exact) mass is 332 g/mol. The average Bonchev–Trinajstić information content (AvgIpc) is 3.05. The molecule has 23 heavy (non-hydrogen) atoms. The maximum atomic E-state index is 11.8. The molecule has 1 N–H and O–H groups in total. The van der Waals surface area contributed by atoms with Crippen LogP contribution < -0.4 is 10.2 Å². The van der Waals surface area contributed by atoms with E-state index in [9.17, 15) is 9.59 Å². The van der Waals surface area contributed by atoms with Gasteiger partial charge < -0.3 is 15.0 Å². The summed E-state index contributed by atoms with van der Waals surface area (Å²) in [5.41, 5.74) is 2.83. The van der Waals surface area contributed by atoms with E-state index in [1.54, 1.807) is 11.3 Å². The van der Waals surface area contributed by atoms with Gasteiger partial charge >= 0.3 is 5.97 Å². The molecule has 0 atom stereocenters. The third-order valence-corrected chi connectivity index (χ3v) is 3.96. The fraction of sp³-hybridized carbons (Fsp3) is 0.294. The highest BCUT2D eigenvalue weighted by molar-refractivity contribution is 7.07. The second-order valence-corrected chi connectivity index (χ2v) is 6.06. The van der Waals surface area contributed by atoms with Crippen molar-refractivity contribution in [2.24, 2.45) is 0 Å². The first-order chi connectivity index (χ1) is 11.0. The lowest BCUT2D eigenvalue weighted by atomic mass is 10.2. The van der Waals surface area contributed by atoms with Gasteiger partial charge in [-0.2, -0.15) is 11.3 Å². The van der Waals surface area contributed by atoms with Crippen LogP contribution in [0.3, 0.4) is 0 Å². The van der Waals surface area contributed by atoms with Gasteiger partial charge in [0.1, 0.15) is 0 Å². The molecule has 0 saturated carbocycles. The normalized spacial score (nSPS) is 10.2. The third-order valence-electron chi connectivity index (χ3n) is 3.23. The first kappa shape index (κ1) is 17.0. The van der Waals surface area contributed by atoms with Crippen LogP contribution in [0.4, 0.5) is 11.4 Å². The van der Waals surface area contributed by atoms with Gasteiger partial charge in [-0.3, -0.25) is 9.59 Å². The van der Waals surface area contributed by atoms with Gasteiger partial charge in [-0.25, -0.2) is 0 Å². The van der Waals surface area contributed by atoms with Crippen molar-refractivity contribution in [3.05, 3.63) is 46.7 Å². The van der Waals surface area contributed by atoms with E-state index in [0.29, 0.717) is 12.1 Å². The van der Waals surface area contributed by atoms with Crippen molar-refractivity contribution in [2.75, 3.05) is 30.9 Å². The Balaban J connectivity index is 1.70. The molecular weight excluding hydrogens is 312 g/mol. The van der Waals surface area contributed by atoms with Gasteiger partial charge in [-0.1, -0.05) is 0 Å². The van der Waals surface area contributed by atoms with E-state index in [2.05, 4.69) is 5.32 Å². The Hall–Kier alpha value is -2.34. The summed E-state index contributed by atoms with van der Waals surface area (Å²) in [5.74, 6) is -0.708. The molecule has 0 aliphatic carbocycles. The molecule has 122 valence electrons. The summed E-state index contributed by atoms with van der Waals surface area (Å²) in [6.07, 6.45) is 0.914. The van der Waals surface area contributed by atoms with Crippen LogP contribution in [0.15, 0.2) is 41.1 Å². The molecule has 1 amide bonds. The van der Waals surface area contributed by atoms with Crippen LogP contribution in [0.5, 0.6) is 0 Å². The quantitative estimate of drug-likeness (QED) is 0.792. The largest absolute Gasteiger partial charge is 0.456 e. The van der Waals surface area contributed by atoms with Crippen LogP contribution in [0, 0.1) is 0 Å². The number of esters is 1. The van der Waals surface area contributed by atoms with Gasteiger partial charge in [0.25, 0.3) is 5.91 Å². The van der Waals surface area contributed by atoms with E-state index >= 15 is 0 Å². The Morgan fingerprint density at radius 2 is 1.91 bits per heavy atom. The minimum absolute atomic E-state index is 0.266. The van der Waals surface area contributed by atoms with Crippen LogP contribution in [-0.4, -0.2) is 32.6 Å². The van der Waals surface area contributed by atoms with Gasteiger partial charge in [0.15, 0.2) is 6.61 Å². The second-order valence-electron chi connectivity index (χ2n) is 5.28. The number of thiophene rings is 1. The number of amides is 1. The van der Waals surface area contributed by atoms with Crippen LogP contribution in [0.1, 0.15) is 12.0 Å². The third kappa shape index (κ3) is 5.75. The summed E-state index contributed by atoms with van der Waals surface area (Å²) in [6.45, 7) is -0.266. The molecule has 5 nitrogen and oxygen atoms in total. The highest BCUT2D eigenvalue weighted by Gasteiger charge is 2.08. The van der Waals surface area contributed by atoms with E-state index < -0.39 is 0 Å². The summed E-state index contributed by atoms with van der Waals surface area (Å²) in [4.78, 5) is 25.4. The average molecular weight is 332 g/mol. The second kappa shape index (κ2) is 8.33. The molecular formula is C17H20N2O3S. The van der Waals surface area contributed by atoms with Gasteiger partial charge in [-0.05, 0) is 53.1 Å². The lowest BCUT2D eigenvalue weighted by Crippen LogP contribution is -2.21. The molecule has 0 aliphatic heterocycles. The Morgan fingerprint density at radius 3 is 2.52 bits per heavy atom. The lowest BCUT2D eigenvalue weighted by molar-refractivity contribution is -0.147. The van der Waals surface area contributed by atoms with Crippen molar-refractivity contribution in [3.63, 3.8) is 0 Å². The van der Waals surface area contributed by atoms with Crippen LogP contribution >= 0.6 is 11.3 Å². The highest BCUT2D eigenvalue weighted by Crippen LogP contribution is 2.15. The smallest absolute Gasteiger partial charge is 0.306 e. The zero-order valence-corrected chi connectivity index (χ0v) is 14.1. The topological polar surface area (TPSA) is 58.6 Å². The Bertz CT molecular complexity index is 636. The Labute approximate surface area is 139 Å². The minimum atomic E-state index is -0.366. The van der Waals surface area contributed by atoms with Gasteiger partial charge in [0.2, 0.25) is 0 Å². The molecule has 0 aliphatic rings. The van der Waals surface area contributed by atoms with Crippen molar-refractivity contribution in [2.45, 2.75) is 12.8 Å². The number of aryl methyl sites for hydroxylation is 1. The van der Waals surface area contributed by atoms with Crippen molar-refractivity contribution < 1.29 is 14.3 Å². The molecule has 1 aromatic carbocycles. The number of hydrogen-bond donors (Lipinski definition) is 1. The predicted octanol–water partition coefficient (Wildman–Crippen LogP) is 2.93. The molecule has 2 rings (SSSR count). The lowest BCUT2D eigenvalue weighted by Gasteiger charge is -2.13. The summed E-state index contributed by atoms with van der Waals surface area (Å²) >= 11 is 1.59. The SMILES string of the molecule is CN(C)c1ccc(NC(=O)COC(=O)CCc2ccsc2)cc1. The first-order valence-electron chi connectivity index (χ1n) is 7.28. The summed E-state index contributed by atoms with van der Waals surface area (Å²) < 4.78 is 4.98. The van der Waals surface area contributed by atoms with Gasteiger partial charge in [0.05, 0.1) is 0 Å². The molecule has 6 heteroatoms. The van der Waals surface area contributed by atoms with Crippen molar-refractivity contribution in [3.8, 4) is 0 Å². The molecule has 0 saturated heterocycles. The van der Waals surface area contributed by atoms with Crippen LogP contribution in [0.2, 0.25) is 0 Å². The number of carbonyl (C=O) groups excluding carboxylic acids is 2. The zero-order chi connectivity index (χ0) is 16.7. The van der Waals surface area contributed by atoms with Gasteiger partial charge in [-0.15, -0.1) is 0 Å². The number of carbonyl (C=O) groups is 2. The Kier molecular flexibility index (Phi) is 6.17. The summed E-state index contributed by atoms with van der Waals surface area (Å²) in [6, 6.07) is 9.41. The summed E-state index contributed by atoms with van der Waals surface area (Å²) in [5, 5.41) is 6.67. The Morgan fingerprint density at radius 1 is 1.17 bits per heavy atom. The zero-order valence-electron chi connectivity index (χ0n) is 13.2. The number of hydrogen-bond acceptors (Lipinski definition) is 5. The number of rotatable bonds is 7. The van der Waals surface area contributed by atoms with Crippen molar-refractivity contribution in [1.29, 1.82) is 0 Å². The maximum absolute atomic E-state index is 11.8. The van der Waals surface area contributed by atoms with E-state index in [1.165, 1.54) is 0 Å². The maximum Gasteiger partial charge on any atom is 0.306 e. The molecule has 0 fully saturated rings. The van der Waals surface area contributed by atoms with E-state index in [-0.39, 0.29) is 24.9 Å². The number of benzene rings is 1. The van der Waals surface area contributed by atoms with Gasteiger partial charge in [0, 0.05) is 31.9 Å². The predicted molar refractivity (Wildman–Crippen MR) is 93.0 cm³/mol. The number of anilines is 2. The molecule has 1 heterocycles. The van der Waals surface area contributed by atoms with Crippen molar-refractivity contribution in [1.82, 2.24) is 0 Å². The van der Waals surface area contributed by atoms with Crippen LogP contribution in [-0.2, 0) is 20.7 Å². The minimum Gasteiger partial charge on any atom is -0.456 e. The van der Waals surface area contributed by atoms with Crippen LogP contribution in [0.25, 0.3) is 0 Å². The number of nitrogens with one attached hydrogen (secondary N) is 1. The molecule has 0 unspecified atom stereocenters. The summed E-state index contributed by atoms with van der Waals surface area (Å²) in [7, 11) is 3.90.